The Bertz CT molecular complexity index is 706. The van der Waals surface area contributed by atoms with Crippen LogP contribution in [0.3, 0.4) is 0 Å². The first-order valence-electron chi connectivity index (χ1n) is 5.35. The fourth-order valence-electron chi connectivity index (χ4n) is 1.70. The van der Waals surface area contributed by atoms with Gasteiger partial charge < -0.3 is 0 Å². The highest BCUT2D eigenvalue weighted by molar-refractivity contribution is 6.30. The van der Waals surface area contributed by atoms with Crippen molar-refractivity contribution in [1.82, 2.24) is 9.55 Å². The summed E-state index contributed by atoms with van der Waals surface area (Å²) in [5.74, 6) is -0.644. The molecule has 0 bridgehead atoms. The van der Waals surface area contributed by atoms with Crippen LogP contribution in [0.4, 0.5) is 4.39 Å². The van der Waals surface area contributed by atoms with Crippen LogP contribution in [0, 0.1) is 5.82 Å². The standard InChI is InChI=1S/C12H10ClFN2O2/c1-2-7-10(13)15-12(18)16(11(7)17)9-6-4-3-5-8(9)14/h3-6H,2H2,1H3,(H,15,18). The molecule has 0 radical (unpaired) electrons. The van der Waals surface area contributed by atoms with Crippen LogP contribution in [-0.2, 0) is 6.42 Å². The molecular formula is C12H10ClFN2O2. The van der Waals surface area contributed by atoms with Gasteiger partial charge in [0, 0.05) is 0 Å². The molecule has 2 rings (SSSR count). The molecule has 1 aromatic heterocycles. The van der Waals surface area contributed by atoms with Gasteiger partial charge in [-0.25, -0.2) is 13.8 Å². The summed E-state index contributed by atoms with van der Waals surface area (Å²) < 4.78 is 14.4. The summed E-state index contributed by atoms with van der Waals surface area (Å²) in [5.41, 5.74) is -1.20. The number of rotatable bonds is 2. The van der Waals surface area contributed by atoms with E-state index in [1.165, 1.54) is 18.2 Å². The SMILES string of the molecule is CCc1c(Cl)[nH]c(=O)n(-c2ccccc2F)c1=O. The Kier molecular flexibility index (Phi) is 3.34. The largest absolute Gasteiger partial charge is 0.334 e. The van der Waals surface area contributed by atoms with Crippen LogP contribution in [0.2, 0.25) is 5.15 Å². The van der Waals surface area contributed by atoms with E-state index in [1.54, 1.807) is 13.0 Å². The van der Waals surface area contributed by atoms with Crippen molar-refractivity contribution in [2.24, 2.45) is 0 Å². The van der Waals surface area contributed by atoms with E-state index in [2.05, 4.69) is 4.98 Å². The van der Waals surface area contributed by atoms with Gasteiger partial charge in [-0.05, 0) is 18.6 Å². The predicted molar refractivity (Wildman–Crippen MR) is 67.0 cm³/mol. The van der Waals surface area contributed by atoms with Crippen molar-refractivity contribution in [3.63, 3.8) is 0 Å². The maximum absolute atomic E-state index is 13.6. The van der Waals surface area contributed by atoms with Crippen LogP contribution in [-0.4, -0.2) is 9.55 Å². The van der Waals surface area contributed by atoms with E-state index < -0.39 is 17.1 Å². The molecule has 4 nitrogen and oxygen atoms in total. The smallest absolute Gasteiger partial charge is 0.297 e. The monoisotopic (exact) mass is 268 g/mol. The van der Waals surface area contributed by atoms with Crippen LogP contribution in [0.5, 0.6) is 0 Å². The Labute approximate surface area is 107 Å². The van der Waals surface area contributed by atoms with Crippen molar-refractivity contribution in [2.45, 2.75) is 13.3 Å². The molecule has 94 valence electrons. The molecule has 0 saturated heterocycles. The minimum absolute atomic E-state index is 0.0000827. The van der Waals surface area contributed by atoms with Gasteiger partial charge in [0.15, 0.2) is 0 Å². The summed E-state index contributed by atoms with van der Waals surface area (Å²) in [4.78, 5) is 26.2. The third kappa shape index (κ3) is 1.97. The Balaban J connectivity index is 2.85. The minimum atomic E-state index is -0.757. The molecule has 2 aromatic rings. The normalized spacial score (nSPS) is 10.6. The quantitative estimate of drug-likeness (QED) is 0.846. The average molecular weight is 269 g/mol. The van der Waals surface area contributed by atoms with Crippen molar-refractivity contribution in [3.05, 3.63) is 61.6 Å². The molecule has 1 N–H and O–H groups in total. The number of aromatic nitrogens is 2. The topological polar surface area (TPSA) is 54.9 Å². The number of halogens is 2. The molecule has 0 fully saturated rings. The van der Waals surface area contributed by atoms with Gasteiger partial charge in [0.1, 0.15) is 11.0 Å². The van der Waals surface area contributed by atoms with Crippen molar-refractivity contribution < 1.29 is 4.39 Å². The van der Waals surface area contributed by atoms with Crippen LogP contribution in [0.1, 0.15) is 12.5 Å². The second kappa shape index (κ2) is 4.78. The zero-order valence-electron chi connectivity index (χ0n) is 9.54. The molecule has 0 saturated carbocycles. The third-order valence-electron chi connectivity index (χ3n) is 2.59. The van der Waals surface area contributed by atoms with Crippen molar-refractivity contribution in [3.8, 4) is 5.69 Å². The summed E-state index contributed by atoms with van der Waals surface area (Å²) in [6.45, 7) is 1.73. The number of para-hydroxylation sites is 1. The first kappa shape index (κ1) is 12.6. The van der Waals surface area contributed by atoms with Crippen LogP contribution in [0.15, 0.2) is 33.9 Å². The Hall–Kier alpha value is -1.88. The molecule has 0 spiro atoms. The lowest BCUT2D eigenvalue weighted by atomic mass is 10.2. The van der Waals surface area contributed by atoms with Crippen LogP contribution >= 0.6 is 11.6 Å². The molecule has 0 aliphatic rings. The Morgan fingerprint density at radius 1 is 1.33 bits per heavy atom. The maximum Gasteiger partial charge on any atom is 0.334 e. The first-order chi connectivity index (χ1) is 8.56. The highest BCUT2D eigenvalue weighted by Gasteiger charge is 2.14. The van der Waals surface area contributed by atoms with Crippen molar-refractivity contribution >= 4 is 11.6 Å². The predicted octanol–water partition coefficient (Wildman–Crippen LogP) is 1.88. The van der Waals surface area contributed by atoms with Gasteiger partial charge in [-0.1, -0.05) is 30.7 Å². The summed E-state index contributed by atoms with van der Waals surface area (Å²) in [5, 5.41) is 0.0000827. The number of hydrogen-bond acceptors (Lipinski definition) is 2. The van der Waals surface area contributed by atoms with E-state index >= 15 is 0 Å². The highest BCUT2D eigenvalue weighted by atomic mass is 35.5. The number of aromatic amines is 1. The molecule has 0 amide bonds. The third-order valence-corrected chi connectivity index (χ3v) is 2.92. The molecule has 0 aliphatic heterocycles. The zero-order chi connectivity index (χ0) is 13.3. The Morgan fingerprint density at radius 2 is 2.00 bits per heavy atom. The second-order valence-corrected chi connectivity index (χ2v) is 4.05. The fourth-order valence-corrected chi connectivity index (χ4v) is 2.00. The number of nitrogens with zero attached hydrogens (tertiary/aromatic N) is 1. The summed E-state index contributed by atoms with van der Waals surface area (Å²) in [6.07, 6.45) is 0.350. The van der Waals surface area contributed by atoms with E-state index in [9.17, 15) is 14.0 Å². The summed E-state index contributed by atoms with van der Waals surface area (Å²) in [7, 11) is 0. The van der Waals surface area contributed by atoms with Gasteiger partial charge in [0.05, 0.1) is 11.3 Å². The number of benzene rings is 1. The van der Waals surface area contributed by atoms with E-state index in [0.717, 1.165) is 4.57 Å². The van der Waals surface area contributed by atoms with E-state index in [4.69, 9.17) is 11.6 Å². The molecule has 1 heterocycles. The summed E-state index contributed by atoms with van der Waals surface area (Å²) in [6, 6.07) is 5.57. The lowest BCUT2D eigenvalue weighted by Gasteiger charge is -2.08. The van der Waals surface area contributed by atoms with E-state index in [1.807, 2.05) is 0 Å². The van der Waals surface area contributed by atoms with Crippen molar-refractivity contribution in [2.75, 3.05) is 0 Å². The Morgan fingerprint density at radius 3 is 2.61 bits per heavy atom. The number of H-pyrrole nitrogens is 1. The zero-order valence-corrected chi connectivity index (χ0v) is 10.3. The molecule has 0 aliphatic carbocycles. The van der Waals surface area contributed by atoms with Crippen LogP contribution < -0.4 is 11.2 Å². The van der Waals surface area contributed by atoms with Gasteiger partial charge in [-0.3, -0.25) is 9.78 Å². The molecule has 18 heavy (non-hydrogen) atoms. The fraction of sp³-hybridized carbons (Fsp3) is 0.167. The lowest BCUT2D eigenvalue weighted by Crippen LogP contribution is -2.36. The molecule has 0 unspecified atom stereocenters. The minimum Gasteiger partial charge on any atom is -0.297 e. The van der Waals surface area contributed by atoms with Crippen LogP contribution in [0.25, 0.3) is 5.69 Å². The lowest BCUT2D eigenvalue weighted by molar-refractivity contribution is 0.611. The average Bonchev–Trinajstić information content (AvgIpc) is 2.31. The second-order valence-electron chi connectivity index (χ2n) is 3.67. The van der Waals surface area contributed by atoms with Gasteiger partial charge in [-0.2, -0.15) is 0 Å². The summed E-state index contributed by atoms with van der Waals surface area (Å²) >= 11 is 5.77. The number of nitrogens with one attached hydrogen (secondary N) is 1. The molecule has 6 heteroatoms. The first-order valence-corrected chi connectivity index (χ1v) is 5.72. The highest BCUT2D eigenvalue weighted by Crippen LogP contribution is 2.11. The van der Waals surface area contributed by atoms with Crippen molar-refractivity contribution in [1.29, 1.82) is 0 Å². The van der Waals surface area contributed by atoms with Gasteiger partial charge in [0.25, 0.3) is 5.56 Å². The maximum atomic E-state index is 13.6. The molecule has 0 atom stereocenters. The van der Waals surface area contributed by atoms with Gasteiger partial charge in [-0.15, -0.1) is 0 Å². The molecule has 1 aromatic carbocycles. The molecular weight excluding hydrogens is 259 g/mol. The van der Waals surface area contributed by atoms with E-state index in [-0.39, 0.29) is 16.4 Å². The number of hydrogen-bond donors (Lipinski definition) is 1. The van der Waals surface area contributed by atoms with Gasteiger partial charge in [0.2, 0.25) is 0 Å². The van der Waals surface area contributed by atoms with Gasteiger partial charge >= 0.3 is 5.69 Å². The van der Waals surface area contributed by atoms with E-state index in [0.29, 0.717) is 6.42 Å².